The van der Waals surface area contributed by atoms with Gasteiger partial charge in [0.15, 0.2) is 11.5 Å². The molecule has 2 aromatic rings. The van der Waals surface area contributed by atoms with Crippen LogP contribution >= 0.6 is 22.9 Å². The van der Waals surface area contributed by atoms with Crippen molar-refractivity contribution in [3.8, 4) is 11.5 Å². The van der Waals surface area contributed by atoms with Crippen molar-refractivity contribution in [2.75, 3.05) is 12.1 Å². The van der Waals surface area contributed by atoms with E-state index in [0.717, 1.165) is 4.88 Å². The lowest BCUT2D eigenvalue weighted by atomic mass is 10.2. The van der Waals surface area contributed by atoms with Crippen molar-refractivity contribution >= 4 is 34.5 Å². The molecule has 1 aliphatic rings. The zero-order valence-corrected chi connectivity index (χ0v) is 11.6. The van der Waals surface area contributed by atoms with E-state index in [1.807, 2.05) is 13.0 Å². The van der Waals surface area contributed by atoms with Gasteiger partial charge in [-0.3, -0.25) is 4.79 Å². The van der Waals surface area contributed by atoms with Crippen LogP contribution in [-0.2, 0) is 0 Å². The van der Waals surface area contributed by atoms with Crippen molar-refractivity contribution in [1.82, 2.24) is 0 Å². The second-order valence-corrected chi connectivity index (χ2v) is 5.74. The lowest BCUT2D eigenvalue weighted by Gasteiger charge is -2.07. The van der Waals surface area contributed by atoms with Gasteiger partial charge in [0, 0.05) is 17.0 Å². The third-order valence-electron chi connectivity index (χ3n) is 2.67. The van der Waals surface area contributed by atoms with Gasteiger partial charge in [-0.25, -0.2) is 0 Å². The Morgan fingerprint density at radius 1 is 1.32 bits per heavy atom. The van der Waals surface area contributed by atoms with Crippen LogP contribution in [0.5, 0.6) is 11.5 Å². The maximum absolute atomic E-state index is 12.0. The van der Waals surface area contributed by atoms with Crippen molar-refractivity contribution in [3.63, 3.8) is 0 Å². The Morgan fingerprint density at radius 3 is 2.74 bits per heavy atom. The minimum atomic E-state index is -0.182. The summed E-state index contributed by atoms with van der Waals surface area (Å²) in [5.41, 5.74) is 0.516. The first kappa shape index (κ1) is 12.3. The Bertz CT molecular complexity index is 653. The van der Waals surface area contributed by atoms with Gasteiger partial charge in [0.25, 0.3) is 5.91 Å². The van der Waals surface area contributed by atoms with Gasteiger partial charge in [0.05, 0.1) is 15.6 Å². The van der Waals surface area contributed by atoms with Crippen molar-refractivity contribution in [2.45, 2.75) is 6.92 Å². The summed E-state index contributed by atoms with van der Waals surface area (Å²) in [6.45, 7) is 2.13. The zero-order valence-electron chi connectivity index (χ0n) is 10.0. The molecule has 98 valence electrons. The number of hydrogen-bond acceptors (Lipinski definition) is 4. The van der Waals surface area contributed by atoms with Gasteiger partial charge in [-0.15, -0.1) is 11.3 Å². The Morgan fingerprint density at radius 2 is 2.05 bits per heavy atom. The number of ether oxygens (including phenoxy) is 2. The molecule has 0 fully saturated rings. The molecule has 1 aliphatic heterocycles. The lowest BCUT2D eigenvalue weighted by Crippen LogP contribution is -2.10. The van der Waals surface area contributed by atoms with Crippen LogP contribution in [0.1, 0.15) is 14.5 Å². The molecular weight excluding hydrogens is 286 g/mol. The summed E-state index contributed by atoms with van der Waals surface area (Å²) in [5, 5.41) is 3.20. The first-order valence-corrected chi connectivity index (χ1v) is 6.80. The van der Waals surface area contributed by atoms with Crippen LogP contribution in [-0.4, -0.2) is 12.7 Å². The summed E-state index contributed by atoms with van der Waals surface area (Å²) >= 11 is 7.53. The van der Waals surface area contributed by atoms with Crippen molar-refractivity contribution in [2.24, 2.45) is 0 Å². The number of nitrogens with one attached hydrogen (secondary N) is 1. The molecule has 4 nitrogen and oxygen atoms in total. The molecule has 1 aromatic carbocycles. The van der Waals surface area contributed by atoms with Gasteiger partial charge in [-0.1, -0.05) is 11.6 Å². The molecule has 0 aliphatic carbocycles. The Labute approximate surface area is 118 Å². The average molecular weight is 296 g/mol. The molecule has 0 saturated heterocycles. The SMILES string of the molecule is Cc1ccc(C(=O)Nc2cc3c(cc2Cl)OCO3)s1. The Kier molecular flexibility index (Phi) is 3.08. The average Bonchev–Trinajstić information content (AvgIpc) is 2.98. The van der Waals surface area contributed by atoms with E-state index in [1.165, 1.54) is 11.3 Å². The number of carbonyl (C=O) groups is 1. The van der Waals surface area contributed by atoms with E-state index >= 15 is 0 Å². The van der Waals surface area contributed by atoms with Gasteiger partial charge in [0.2, 0.25) is 6.79 Å². The third-order valence-corrected chi connectivity index (χ3v) is 3.99. The van der Waals surface area contributed by atoms with Gasteiger partial charge in [0.1, 0.15) is 0 Å². The van der Waals surface area contributed by atoms with Gasteiger partial charge < -0.3 is 14.8 Å². The number of benzene rings is 1. The van der Waals surface area contributed by atoms with E-state index in [0.29, 0.717) is 27.1 Å². The number of rotatable bonds is 2. The van der Waals surface area contributed by atoms with Crippen LogP contribution in [0.3, 0.4) is 0 Å². The largest absolute Gasteiger partial charge is 0.454 e. The predicted molar refractivity (Wildman–Crippen MR) is 74.6 cm³/mol. The fourth-order valence-corrected chi connectivity index (χ4v) is 2.72. The predicted octanol–water partition coefficient (Wildman–Crippen LogP) is 3.69. The van der Waals surface area contributed by atoms with E-state index in [-0.39, 0.29) is 12.7 Å². The molecule has 3 rings (SSSR count). The first-order chi connectivity index (χ1) is 9.13. The van der Waals surface area contributed by atoms with Crippen LogP contribution in [0, 0.1) is 6.92 Å². The smallest absolute Gasteiger partial charge is 0.265 e. The monoisotopic (exact) mass is 295 g/mol. The van der Waals surface area contributed by atoms with Crippen molar-refractivity contribution in [3.05, 3.63) is 39.0 Å². The molecule has 1 aromatic heterocycles. The van der Waals surface area contributed by atoms with Gasteiger partial charge in [-0.2, -0.15) is 0 Å². The maximum Gasteiger partial charge on any atom is 0.265 e. The fraction of sp³-hybridized carbons (Fsp3) is 0.154. The molecule has 19 heavy (non-hydrogen) atoms. The highest BCUT2D eigenvalue weighted by Gasteiger charge is 2.18. The number of aryl methyl sites for hydroxylation is 1. The van der Waals surface area contributed by atoms with Gasteiger partial charge in [-0.05, 0) is 19.1 Å². The molecule has 1 amide bonds. The summed E-state index contributed by atoms with van der Waals surface area (Å²) in [7, 11) is 0. The zero-order chi connectivity index (χ0) is 13.4. The van der Waals surface area contributed by atoms with E-state index in [2.05, 4.69) is 5.32 Å². The molecule has 0 saturated carbocycles. The quantitative estimate of drug-likeness (QED) is 0.919. The molecule has 0 atom stereocenters. The number of halogens is 1. The summed E-state index contributed by atoms with van der Waals surface area (Å²) in [6, 6.07) is 7.00. The number of hydrogen-bond donors (Lipinski definition) is 1. The highest BCUT2D eigenvalue weighted by Crippen LogP contribution is 2.39. The van der Waals surface area contributed by atoms with Crippen LogP contribution in [0.25, 0.3) is 0 Å². The Hall–Kier alpha value is -1.72. The summed E-state index contributed by atoms with van der Waals surface area (Å²) in [4.78, 5) is 13.8. The molecule has 0 radical (unpaired) electrons. The summed E-state index contributed by atoms with van der Waals surface area (Å²) < 4.78 is 10.5. The number of fused-ring (bicyclic) bond motifs is 1. The van der Waals surface area contributed by atoms with Crippen molar-refractivity contribution in [1.29, 1.82) is 0 Å². The first-order valence-electron chi connectivity index (χ1n) is 5.60. The van der Waals surface area contributed by atoms with Crippen LogP contribution in [0.2, 0.25) is 5.02 Å². The minimum Gasteiger partial charge on any atom is -0.454 e. The second-order valence-electron chi connectivity index (χ2n) is 4.05. The topological polar surface area (TPSA) is 47.6 Å². The molecule has 1 N–H and O–H groups in total. The molecule has 0 spiro atoms. The number of anilines is 1. The third kappa shape index (κ3) is 2.39. The second kappa shape index (κ2) is 4.75. The van der Waals surface area contributed by atoms with E-state index < -0.39 is 0 Å². The van der Waals surface area contributed by atoms with Crippen LogP contribution in [0.4, 0.5) is 5.69 Å². The summed E-state index contributed by atoms with van der Waals surface area (Å²) in [5.74, 6) is 0.996. The number of amides is 1. The lowest BCUT2D eigenvalue weighted by molar-refractivity contribution is 0.103. The van der Waals surface area contributed by atoms with Crippen LogP contribution < -0.4 is 14.8 Å². The number of carbonyl (C=O) groups excluding carboxylic acids is 1. The van der Waals surface area contributed by atoms with E-state index in [9.17, 15) is 4.79 Å². The van der Waals surface area contributed by atoms with Gasteiger partial charge >= 0.3 is 0 Å². The van der Waals surface area contributed by atoms with Crippen molar-refractivity contribution < 1.29 is 14.3 Å². The van der Waals surface area contributed by atoms with Crippen LogP contribution in [0.15, 0.2) is 24.3 Å². The summed E-state index contributed by atoms with van der Waals surface area (Å²) in [6.07, 6.45) is 0. The molecular formula is C13H10ClNO3S. The normalized spacial score (nSPS) is 12.5. The number of thiophene rings is 1. The standard InChI is InChI=1S/C13H10ClNO3S/c1-7-2-3-12(19-7)13(16)15-9-5-11-10(4-8(9)14)17-6-18-11/h2-5H,6H2,1H3,(H,15,16). The van der Waals surface area contributed by atoms with E-state index in [4.69, 9.17) is 21.1 Å². The minimum absolute atomic E-state index is 0.174. The highest BCUT2D eigenvalue weighted by atomic mass is 35.5. The molecule has 6 heteroatoms. The molecule has 0 unspecified atom stereocenters. The van der Waals surface area contributed by atoms with E-state index in [1.54, 1.807) is 18.2 Å². The maximum atomic E-state index is 12.0. The molecule has 2 heterocycles. The Balaban J connectivity index is 1.85. The highest BCUT2D eigenvalue weighted by molar-refractivity contribution is 7.14. The fourth-order valence-electron chi connectivity index (χ4n) is 1.75. The molecule has 0 bridgehead atoms.